The molecule has 0 amide bonds. The average molecular weight is 718 g/mol. The number of benzene rings is 6. The number of nitrogens with zero attached hydrogens (tertiary/aromatic N) is 4. The number of ether oxygens (including phenoxy) is 1. The monoisotopic (exact) mass is 717 g/mol. The van der Waals surface area contributed by atoms with Gasteiger partial charge in [0.15, 0.2) is 11.0 Å². The number of fused-ring (bicyclic) bond motifs is 4. The van der Waals surface area contributed by atoms with E-state index in [2.05, 4.69) is 207 Å². The number of imidazole rings is 1. The molecule has 0 radical (unpaired) electrons. The molecule has 3 heterocycles. The van der Waals surface area contributed by atoms with Crippen LogP contribution in [0.2, 0.25) is 0 Å². The lowest BCUT2D eigenvalue weighted by Gasteiger charge is -2.20. The van der Waals surface area contributed by atoms with E-state index >= 15 is 0 Å². The van der Waals surface area contributed by atoms with E-state index in [0.29, 0.717) is 0 Å². The summed E-state index contributed by atoms with van der Waals surface area (Å²) in [6, 6.07) is 53.8. The fourth-order valence-electron chi connectivity index (χ4n) is 7.61. The van der Waals surface area contributed by atoms with Gasteiger partial charge in [0.05, 0.1) is 11.0 Å². The zero-order valence-corrected chi connectivity index (χ0v) is 32.3. The van der Waals surface area contributed by atoms with Gasteiger partial charge in [-0.3, -0.25) is 4.57 Å². The first-order chi connectivity index (χ1) is 26.5. The Morgan fingerprint density at radius 2 is 1.27 bits per heavy atom. The first-order valence-electron chi connectivity index (χ1n) is 19.0. The maximum atomic E-state index is 6.71. The van der Waals surface area contributed by atoms with Crippen LogP contribution in [0.4, 0.5) is 0 Å². The van der Waals surface area contributed by atoms with Gasteiger partial charge in [0.2, 0.25) is 0 Å². The second-order valence-corrected chi connectivity index (χ2v) is 16.5. The van der Waals surface area contributed by atoms with Gasteiger partial charge in [-0.2, -0.15) is 9.13 Å². The molecule has 6 aromatic carbocycles. The minimum atomic E-state index is -0.0169. The Hall–Kier alpha value is -6.46. The van der Waals surface area contributed by atoms with Crippen molar-refractivity contribution in [1.82, 2.24) is 14.1 Å². The zero-order chi connectivity index (χ0) is 37.9. The molecule has 9 rings (SSSR count). The molecule has 5 heteroatoms. The number of para-hydroxylation sites is 2. The molecule has 0 bridgehead atoms. The predicted octanol–water partition coefficient (Wildman–Crippen LogP) is 12.5. The summed E-state index contributed by atoms with van der Waals surface area (Å²) in [7, 11) is 0. The average Bonchev–Trinajstić information content (AvgIpc) is 3.74. The van der Waals surface area contributed by atoms with Crippen LogP contribution in [0.1, 0.15) is 52.7 Å². The maximum Gasteiger partial charge on any atom is 0.255 e. The second kappa shape index (κ2) is 13.1. The van der Waals surface area contributed by atoms with Crippen LogP contribution in [-0.4, -0.2) is 14.1 Å². The van der Waals surface area contributed by atoms with Crippen LogP contribution in [0.25, 0.3) is 61.2 Å². The molecule has 0 spiro atoms. The molecule has 0 aliphatic carbocycles. The number of aromatic nitrogens is 4. The van der Waals surface area contributed by atoms with E-state index in [1.54, 1.807) is 0 Å². The van der Waals surface area contributed by atoms with E-state index in [1.165, 1.54) is 27.6 Å². The van der Waals surface area contributed by atoms with E-state index in [0.717, 1.165) is 56.1 Å². The summed E-state index contributed by atoms with van der Waals surface area (Å²) >= 11 is 0. The van der Waals surface area contributed by atoms with Crippen LogP contribution in [0.15, 0.2) is 164 Å². The Morgan fingerprint density at radius 3 is 2.09 bits per heavy atom. The highest BCUT2D eigenvalue weighted by Gasteiger charge is 2.22. The van der Waals surface area contributed by atoms with E-state index in [9.17, 15) is 0 Å². The Balaban J connectivity index is 1.14. The number of rotatable bonds is 6. The molecule has 55 heavy (non-hydrogen) atoms. The van der Waals surface area contributed by atoms with Crippen LogP contribution in [-0.2, 0) is 10.8 Å². The summed E-state index contributed by atoms with van der Waals surface area (Å²) < 4.78 is 13.5. The summed E-state index contributed by atoms with van der Waals surface area (Å²) in [5.41, 5.74) is 11.5. The van der Waals surface area contributed by atoms with Crippen molar-refractivity contribution < 1.29 is 9.30 Å². The normalized spacial score (nSPS) is 12.2. The molecule has 0 aliphatic rings. The molecule has 0 saturated carbocycles. The van der Waals surface area contributed by atoms with Crippen molar-refractivity contribution in [3.05, 3.63) is 175 Å². The SMILES string of the molecule is CC(C)(C)c1cccc(-[n+]2cn(-c3cccc(Oc4ccc5c6cc(-c7ccccc7)ccc6n(-c6cc(C(C)(C)C)ccn6)c5c4)c3)c3ccccc32)c1. The molecule has 3 aromatic heterocycles. The van der Waals surface area contributed by atoms with Crippen LogP contribution >= 0.6 is 0 Å². The lowest BCUT2D eigenvalue weighted by atomic mass is 9.87. The highest BCUT2D eigenvalue weighted by Crippen LogP contribution is 2.38. The van der Waals surface area contributed by atoms with Gasteiger partial charge in [-0.25, -0.2) is 4.98 Å². The van der Waals surface area contributed by atoms with Crippen molar-refractivity contribution in [2.75, 3.05) is 0 Å². The topological polar surface area (TPSA) is 35.9 Å². The van der Waals surface area contributed by atoms with E-state index in [-0.39, 0.29) is 10.8 Å². The highest BCUT2D eigenvalue weighted by molar-refractivity contribution is 6.10. The number of pyridine rings is 1. The first kappa shape index (κ1) is 34.3. The lowest BCUT2D eigenvalue weighted by molar-refractivity contribution is -0.567. The molecule has 9 aromatic rings. The standard InChI is InChI=1S/C50H45N4O/c1-49(2,3)36-16-12-17-38(29-36)52-33-53(46-21-11-10-20-45(46)52)39-18-13-19-40(31-39)55-41-23-24-42-43-28-35(34-14-8-7-9-15-34)22-25-44(43)54(47(42)32-41)48-30-37(26-27-51-48)50(4,5)6/h7-33H,1-6H3/q+1. The molecule has 5 nitrogen and oxygen atoms in total. The fourth-order valence-corrected chi connectivity index (χ4v) is 7.61. The Labute approximate surface area is 322 Å². The summed E-state index contributed by atoms with van der Waals surface area (Å²) in [4.78, 5) is 4.92. The molecule has 0 fully saturated rings. The molecule has 0 unspecified atom stereocenters. The fraction of sp³-hybridized carbons (Fsp3) is 0.160. The maximum absolute atomic E-state index is 6.71. The van der Waals surface area contributed by atoms with E-state index in [1.807, 2.05) is 12.3 Å². The summed E-state index contributed by atoms with van der Waals surface area (Å²) in [5, 5.41) is 2.32. The highest BCUT2D eigenvalue weighted by atomic mass is 16.5. The van der Waals surface area contributed by atoms with E-state index < -0.39 is 0 Å². The third-order valence-corrected chi connectivity index (χ3v) is 10.6. The van der Waals surface area contributed by atoms with Crippen molar-refractivity contribution in [1.29, 1.82) is 0 Å². The second-order valence-electron chi connectivity index (χ2n) is 16.5. The molecule has 0 atom stereocenters. The molecule has 0 saturated heterocycles. The van der Waals surface area contributed by atoms with Crippen molar-refractivity contribution in [3.8, 4) is 39.8 Å². The molecule has 0 aliphatic heterocycles. The van der Waals surface area contributed by atoms with Gasteiger partial charge in [0.25, 0.3) is 6.33 Å². The van der Waals surface area contributed by atoms with E-state index in [4.69, 9.17) is 9.72 Å². The van der Waals surface area contributed by atoms with Crippen molar-refractivity contribution in [3.63, 3.8) is 0 Å². The predicted molar refractivity (Wildman–Crippen MR) is 226 cm³/mol. The molecular formula is C50H45N4O+. The Morgan fingerprint density at radius 1 is 0.527 bits per heavy atom. The summed E-state index contributed by atoms with van der Waals surface area (Å²) in [6.45, 7) is 13.5. The molecule has 270 valence electrons. The van der Waals surface area contributed by atoms with Crippen LogP contribution in [0, 0.1) is 0 Å². The zero-order valence-electron chi connectivity index (χ0n) is 32.3. The van der Waals surface area contributed by atoms with Gasteiger partial charge in [-0.05, 0) is 106 Å². The van der Waals surface area contributed by atoms with Gasteiger partial charge in [0, 0.05) is 29.1 Å². The van der Waals surface area contributed by atoms with Crippen LogP contribution in [0.3, 0.4) is 0 Å². The minimum absolute atomic E-state index is 0.0169. The largest absolute Gasteiger partial charge is 0.457 e. The van der Waals surface area contributed by atoms with Gasteiger partial charge in [-0.15, -0.1) is 0 Å². The minimum Gasteiger partial charge on any atom is -0.457 e. The van der Waals surface area contributed by atoms with Crippen LogP contribution < -0.4 is 9.30 Å². The number of hydrogen-bond donors (Lipinski definition) is 0. The summed E-state index contributed by atoms with van der Waals surface area (Å²) in [6.07, 6.45) is 4.10. The van der Waals surface area contributed by atoms with Crippen molar-refractivity contribution >= 4 is 32.8 Å². The van der Waals surface area contributed by atoms with Gasteiger partial charge >= 0.3 is 0 Å². The third kappa shape index (κ3) is 6.36. The van der Waals surface area contributed by atoms with Crippen molar-refractivity contribution in [2.24, 2.45) is 0 Å². The molecule has 0 N–H and O–H groups in total. The van der Waals surface area contributed by atoms with Crippen molar-refractivity contribution in [2.45, 2.75) is 52.4 Å². The first-order valence-corrected chi connectivity index (χ1v) is 19.0. The lowest BCUT2D eigenvalue weighted by Crippen LogP contribution is -2.29. The quantitative estimate of drug-likeness (QED) is 0.161. The molecular weight excluding hydrogens is 673 g/mol. The van der Waals surface area contributed by atoms with Gasteiger partial charge in [0.1, 0.15) is 28.7 Å². The van der Waals surface area contributed by atoms with Crippen LogP contribution in [0.5, 0.6) is 11.5 Å². The number of hydrogen-bond acceptors (Lipinski definition) is 2. The Kier molecular flexibility index (Phi) is 8.20. The third-order valence-electron chi connectivity index (χ3n) is 10.6. The Bertz CT molecular complexity index is 2870. The summed E-state index contributed by atoms with van der Waals surface area (Å²) in [5.74, 6) is 2.41. The van der Waals surface area contributed by atoms with Gasteiger partial charge in [-0.1, -0.05) is 108 Å². The smallest absolute Gasteiger partial charge is 0.255 e. The van der Waals surface area contributed by atoms with Gasteiger partial charge < -0.3 is 4.74 Å².